The van der Waals surface area contributed by atoms with E-state index in [4.69, 9.17) is 10.2 Å². The van der Waals surface area contributed by atoms with Crippen LogP contribution in [0, 0.1) is 0 Å². The van der Waals surface area contributed by atoms with Gasteiger partial charge in [0.05, 0.1) is 0 Å². The Hall–Kier alpha value is -2.50. The fourth-order valence-electron chi connectivity index (χ4n) is 1.40. The Labute approximate surface area is 96.5 Å². The summed E-state index contributed by atoms with van der Waals surface area (Å²) in [6, 6.07) is 7.77. The maximum Gasteiger partial charge on any atom is 0.355 e. The number of carbonyl (C=O) groups is 2. The van der Waals surface area contributed by atoms with Crippen LogP contribution in [0.3, 0.4) is 0 Å². The molecular weight excluding hydrogens is 224 g/mol. The van der Waals surface area contributed by atoms with E-state index in [-0.39, 0.29) is 5.88 Å². The van der Waals surface area contributed by atoms with Crippen LogP contribution >= 0.6 is 0 Å². The molecule has 2 rings (SSSR count). The zero-order valence-corrected chi connectivity index (χ0v) is 9.04. The van der Waals surface area contributed by atoms with Crippen LogP contribution in [0.25, 0.3) is 11.0 Å². The van der Waals surface area contributed by atoms with Crippen LogP contribution < -0.4 is 10.8 Å². The second-order valence-corrected chi connectivity index (χ2v) is 3.34. The summed E-state index contributed by atoms with van der Waals surface area (Å²) in [5.74, 6) is -0.599. The lowest BCUT2D eigenvalue weighted by Gasteiger charge is -2.13. The van der Waals surface area contributed by atoms with Gasteiger partial charge in [-0.15, -0.1) is 0 Å². The van der Waals surface area contributed by atoms with Crippen molar-refractivity contribution in [3.63, 3.8) is 0 Å². The van der Waals surface area contributed by atoms with Crippen LogP contribution in [-0.2, 0) is 9.63 Å². The number of para-hydroxylation sites is 1. The number of nitrogens with two attached hydrogens (primary N) is 1. The van der Waals surface area contributed by atoms with Crippen molar-refractivity contribution in [2.24, 2.45) is 5.73 Å². The molecule has 1 aromatic carbocycles. The molecule has 0 radical (unpaired) electrons. The number of rotatable bonds is 1. The van der Waals surface area contributed by atoms with Gasteiger partial charge in [0.25, 0.3) is 0 Å². The van der Waals surface area contributed by atoms with Gasteiger partial charge in [0.15, 0.2) is 0 Å². The van der Waals surface area contributed by atoms with Crippen molar-refractivity contribution in [2.45, 2.75) is 6.92 Å². The quantitative estimate of drug-likeness (QED) is 0.762. The summed E-state index contributed by atoms with van der Waals surface area (Å²) in [7, 11) is 0. The van der Waals surface area contributed by atoms with E-state index >= 15 is 0 Å². The molecule has 2 N–H and O–H groups in total. The van der Waals surface area contributed by atoms with E-state index in [1.807, 2.05) is 6.07 Å². The van der Waals surface area contributed by atoms with Gasteiger partial charge in [-0.25, -0.2) is 9.59 Å². The zero-order valence-electron chi connectivity index (χ0n) is 9.04. The molecule has 6 nitrogen and oxygen atoms in total. The van der Waals surface area contributed by atoms with Gasteiger partial charge >= 0.3 is 12.0 Å². The minimum Gasteiger partial charge on any atom is -0.437 e. The van der Waals surface area contributed by atoms with E-state index in [1.54, 1.807) is 24.3 Å². The third-order valence-electron chi connectivity index (χ3n) is 2.03. The molecule has 0 saturated heterocycles. The number of urea groups is 1. The monoisotopic (exact) mass is 234 g/mol. The lowest BCUT2D eigenvalue weighted by Crippen LogP contribution is -2.36. The van der Waals surface area contributed by atoms with Crippen molar-refractivity contribution in [2.75, 3.05) is 5.06 Å². The van der Waals surface area contributed by atoms with Gasteiger partial charge in [0.2, 0.25) is 5.88 Å². The number of furan rings is 1. The topological polar surface area (TPSA) is 85.8 Å². The minimum absolute atomic E-state index is 0.0638. The molecule has 2 aromatic rings. The maximum atomic E-state index is 11.1. The lowest BCUT2D eigenvalue weighted by molar-refractivity contribution is -0.141. The molecule has 0 spiro atoms. The molecule has 0 atom stereocenters. The second kappa shape index (κ2) is 4.17. The number of fused-ring (bicyclic) bond motifs is 1. The van der Waals surface area contributed by atoms with Gasteiger partial charge < -0.3 is 15.0 Å². The van der Waals surface area contributed by atoms with Crippen molar-refractivity contribution in [3.05, 3.63) is 30.3 Å². The Morgan fingerprint density at radius 1 is 1.35 bits per heavy atom. The van der Waals surface area contributed by atoms with Crippen LogP contribution in [0.5, 0.6) is 0 Å². The van der Waals surface area contributed by atoms with E-state index in [9.17, 15) is 9.59 Å². The van der Waals surface area contributed by atoms with Crippen molar-refractivity contribution in [1.82, 2.24) is 0 Å². The predicted octanol–water partition coefficient (Wildman–Crippen LogP) is 1.80. The fourth-order valence-corrected chi connectivity index (χ4v) is 1.40. The minimum atomic E-state index is -0.931. The van der Waals surface area contributed by atoms with E-state index in [0.717, 1.165) is 5.39 Å². The zero-order chi connectivity index (χ0) is 12.4. The largest absolute Gasteiger partial charge is 0.437 e. The van der Waals surface area contributed by atoms with E-state index in [0.29, 0.717) is 10.6 Å². The van der Waals surface area contributed by atoms with Crippen LogP contribution in [0.15, 0.2) is 34.7 Å². The average molecular weight is 234 g/mol. The number of carbonyl (C=O) groups excluding carboxylic acids is 2. The standard InChI is InChI=1S/C11H10N2O4/c1-7(14)17-13(11(12)15)10-6-8-4-2-3-5-9(8)16-10/h2-6H,1H3,(H2,12,15). The Morgan fingerprint density at radius 2 is 2.06 bits per heavy atom. The van der Waals surface area contributed by atoms with Crippen molar-refractivity contribution in [1.29, 1.82) is 0 Å². The predicted molar refractivity (Wildman–Crippen MR) is 60.0 cm³/mol. The molecule has 2 amide bonds. The maximum absolute atomic E-state index is 11.1. The molecular formula is C11H10N2O4. The molecule has 1 aromatic heterocycles. The summed E-state index contributed by atoms with van der Waals surface area (Å²) in [5, 5.41) is 1.39. The summed E-state index contributed by atoms with van der Waals surface area (Å²) in [5.41, 5.74) is 5.66. The number of anilines is 1. The molecule has 88 valence electrons. The molecule has 0 aliphatic carbocycles. The first-order chi connectivity index (χ1) is 8.08. The average Bonchev–Trinajstić information content (AvgIpc) is 2.68. The van der Waals surface area contributed by atoms with Crippen LogP contribution in [-0.4, -0.2) is 12.0 Å². The fraction of sp³-hybridized carbons (Fsp3) is 0.0909. The molecule has 0 bridgehead atoms. The Kier molecular flexibility index (Phi) is 2.70. The number of hydroxylamine groups is 1. The molecule has 0 aliphatic heterocycles. The highest BCUT2D eigenvalue weighted by atomic mass is 16.7. The molecule has 0 aliphatic rings. The first kappa shape index (κ1) is 11.0. The Bertz CT molecular complexity index is 543. The molecule has 17 heavy (non-hydrogen) atoms. The van der Waals surface area contributed by atoms with Crippen LogP contribution in [0.1, 0.15) is 6.92 Å². The Morgan fingerprint density at radius 3 is 2.65 bits per heavy atom. The summed E-state index contributed by atoms with van der Waals surface area (Å²) in [6.07, 6.45) is 0. The van der Waals surface area contributed by atoms with Gasteiger partial charge in [0, 0.05) is 18.4 Å². The highest BCUT2D eigenvalue weighted by molar-refractivity contribution is 5.92. The Balaban J connectivity index is 2.41. The van der Waals surface area contributed by atoms with Gasteiger partial charge in [0.1, 0.15) is 5.58 Å². The molecule has 6 heteroatoms. The van der Waals surface area contributed by atoms with Crippen LogP contribution in [0.2, 0.25) is 0 Å². The summed E-state index contributed by atoms with van der Waals surface area (Å²) >= 11 is 0. The lowest BCUT2D eigenvalue weighted by atomic mass is 10.3. The van der Waals surface area contributed by atoms with Crippen molar-refractivity contribution in [3.8, 4) is 0 Å². The number of primary amides is 1. The number of nitrogens with zero attached hydrogens (tertiary/aromatic N) is 1. The van der Waals surface area contributed by atoms with Gasteiger partial charge in [-0.05, 0) is 6.07 Å². The van der Waals surface area contributed by atoms with Crippen molar-refractivity contribution < 1.29 is 18.8 Å². The third-order valence-corrected chi connectivity index (χ3v) is 2.03. The molecule has 1 heterocycles. The summed E-state index contributed by atoms with van der Waals surface area (Å²) in [6.45, 7) is 1.17. The van der Waals surface area contributed by atoms with Gasteiger partial charge in [-0.1, -0.05) is 23.3 Å². The molecule has 0 unspecified atom stereocenters. The van der Waals surface area contributed by atoms with E-state index < -0.39 is 12.0 Å². The van der Waals surface area contributed by atoms with E-state index in [1.165, 1.54) is 6.92 Å². The number of hydrogen-bond acceptors (Lipinski definition) is 4. The molecule has 0 fully saturated rings. The third kappa shape index (κ3) is 2.20. The smallest absolute Gasteiger partial charge is 0.355 e. The van der Waals surface area contributed by atoms with E-state index in [2.05, 4.69) is 4.84 Å². The number of hydrogen-bond donors (Lipinski definition) is 1. The van der Waals surface area contributed by atoms with Gasteiger partial charge in [-0.3, -0.25) is 0 Å². The summed E-state index contributed by atoms with van der Waals surface area (Å²) in [4.78, 5) is 26.6. The van der Waals surface area contributed by atoms with Gasteiger partial charge in [-0.2, -0.15) is 0 Å². The normalized spacial score (nSPS) is 10.2. The molecule has 0 saturated carbocycles. The van der Waals surface area contributed by atoms with Crippen molar-refractivity contribution >= 4 is 28.9 Å². The first-order valence-electron chi connectivity index (χ1n) is 4.84. The SMILES string of the molecule is CC(=O)ON(C(N)=O)c1cc2ccccc2o1. The number of amides is 2. The summed E-state index contributed by atoms with van der Waals surface area (Å²) < 4.78 is 5.34. The number of benzene rings is 1. The second-order valence-electron chi connectivity index (χ2n) is 3.34. The van der Waals surface area contributed by atoms with Crippen LogP contribution in [0.4, 0.5) is 10.7 Å². The first-order valence-corrected chi connectivity index (χ1v) is 4.84. The highest BCUT2D eigenvalue weighted by Crippen LogP contribution is 2.25. The highest BCUT2D eigenvalue weighted by Gasteiger charge is 2.20.